The summed E-state index contributed by atoms with van der Waals surface area (Å²) in [4.78, 5) is 4.11. The lowest BCUT2D eigenvalue weighted by Gasteiger charge is -2.02. The van der Waals surface area contributed by atoms with E-state index < -0.39 is 0 Å². The highest BCUT2D eigenvalue weighted by molar-refractivity contribution is 4.94. The molecule has 2 rings (SSSR count). The monoisotopic (exact) mass is 181 g/mol. The van der Waals surface area contributed by atoms with Gasteiger partial charge < -0.3 is 15.0 Å². The van der Waals surface area contributed by atoms with E-state index in [4.69, 9.17) is 10.5 Å². The van der Waals surface area contributed by atoms with Crippen LogP contribution in [0, 0.1) is 5.92 Å². The lowest BCUT2D eigenvalue weighted by Crippen LogP contribution is -2.02. The normalized spacial score (nSPS) is 16.4. The number of hydrogen-bond acceptors (Lipinski definition) is 3. The zero-order chi connectivity index (χ0) is 9.10. The maximum absolute atomic E-state index is 5.48. The summed E-state index contributed by atoms with van der Waals surface area (Å²) in [5.41, 5.74) is 6.35. The van der Waals surface area contributed by atoms with E-state index in [1.54, 1.807) is 6.33 Å². The predicted octanol–water partition coefficient (Wildman–Crippen LogP) is 0.726. The first-order valence-corrected chi connectivity index (χ1v) is 4.67. The van der Waals surface area contributed by atoms with Gasteiger partial charge in [-0.1, -0.05) is 0 Å². The van der Waals surface area contributed by atoms with Crippen molar-refractivity contribution < 1.29 is 4.74 Å². The molecular formula is C9H15N3O. The number of aromatic nitrogens is 2. The third kappa shape index (κ3) is 2.54. The molecule has 0 amide bonds. The van der Waals surface area contributed by atoms with Gasteiger partial charge in [0.1, 0.15) is 6.73 Å². The van der Waals surface area contributed by atoms with E-state index in [1.165, 1.54) is 12.8 Å². The number of nitrogens with two attached hydrogens (primary N) is 1. The first kappa shape index (κ1) is 8.72. The molecule has 0 unspecified atom stereocenters. The van der Waals surface area contributed by atoms with Gasteiger partial charge in [-0.3, -0.25) is 0 Å². The maximum Gasteiger partial charge on any atom is 0.123 e. The van der Waals surface area contributed by atoms with Gasteiger partial charge in [0.05, 0.1) is 18.6 Å². The lowest BCUT2D eigenvalue weighted by atomic mass is 10.5. The largest absolute Gasteiger partial charge is 0.360 e. The van der Waals surface area contributed by atoms with E-state index in [1.807, 2.05) is 10.8 Å². The zero-order valence-corrected chi connectivity index (χ0v) is 7.65. The predicted molar refractivity (Wildman–Crippen MR) is 48.8 cm³/mol. The Labute approximate surface area is 77.7 Å². The minimum absolute atomic E-state index is 0.496. The zero-order valence-electron chi connectivity index (χ0n) is 7.65. The van der Waals surface area contributed by atoms with Gasteiger partial charge in [0.25, 0.3) is 0 Å². The molecule has 13 heavy (non-hydrogen) atoms. The fraction of sp³-hybridized carbons (Fsp3) is 0.667. The van der Waals surface area contributed by atoms with Crippen LogP contribution in [-0.2, 0) is 18.0 Å². The Morgan fingerprint density at radius 2 is 2.46 bits per heavy atom. The van der Waals surface area contributed by atoms with Crippen molar-refractivity contribution in [2.75, 3.05) is 6.61 Å². The van der Waals surface area contributed by atoms with Crippen LogP contribution >= 0.6 is 0 Å². The molecule has 4 heteroatoms. The molecule has 1 aromatic rings. The number of imidazole rings is 1. The third-order valence-corrected chi connectivity index (χ3v) is 2.19. The van der Waals surface area contributed by atoms with Gasteiger partial charge in [0.15, 0.2) is 0 Å². The quantitative estimate of drug-likeness (QED) is 0.728. The summed E-state index contributed by atoms with van der Waals surface area (Å²) >= 11 is 0. The van der Waals surface area contributed by atoms with Crippen molar-refractivity contribution in [1.29, 1.82) is 0 Å². The van der Waals surface area contributed by atoms with E-state index in [0.717, 1.165) is 18.2 Å². The van der Waals surface area contributed by atoms with Crippen LogP contribution in [0.15, 0.2) is 12.5 Å². The number of rotatable bonds is 5. The molecule has 0 saturated heterocycles. The second kappa shape index (κ2) is 3.89. The Morgan fingerprint density at radius 1 is 1.62 bits per heavy atom. The Kier molecular flexibility index (Phi) is 2.61. The molecular weight excluding hydrogens is 166 g/mol. The van der Waals surface area contributed by atoms with Crippen LogP contribution in [0.4, 0.5) is 0 Å². The summed E-state index contributed by atoms with van der Waals surface area (Å²) in [6.45, 7) is 1.98. The van der Waals surface area contributed by atoms with Crippen molar-refractivity contribution in [3.05, 3.63) is 18.2 Å². The van der Waals surface area contributed by atoms with Gasteiger partial charge in [-0.15, -0.1) is 0 Å². The summed E-state index contributed by atoms with van der Waals surface area (Å²) in [7, 11) is 0. The number of ether oxygens (including phenoxy) is 1. The fourth-order valence-corrected chi connectivity index (χ4v) is 1.19. The number of nitrogens with zero attached hydrogens (tertiary/aromatic N) is 2. The maximum atomic E-state index is 5.48. The first-order chi connectivity index (χ1) is 6.38. The second-order valence-corrected chi connectivity index (χ2v) is 3.53. The lowest BCUT2D eigenvalue weighted by molar-refractivity contribution is 0.0689. The van der Waals surface area contributed by atoms with Crippen molar-refractivity contribution in [1.82, 2.24) is 9.55 Å². The average Bonchev–Trinajstić information content (AvgIpc) is 2.84. The molecule has 0 aromatic carbocycles. The Morgan fingerprint density at radius 3 is 3.08 bits per heavy atom. The molecule has 0 atom stereocenters. The van der Waals surface area contributed by atoms with Gasteiger partial charge in [0, 0.05) is 12.7 Å². The molecule has 1 aliphatic rings. The standard InChI is InChI=1S/C9H15N3O/c10-3-9-4-12(6-11-9)7-13-5-8-1-2-8/h4,6,8H,1-3,5,7,10H2. The topological polar surface area (TPSA) is 53.1 Å². The molecule has 0 spiro atoms. The van der Waals surface area contributed by atoms with Crippen LogP contribution in [-0.4, -0.2) is 16.2 Å². The van der Waals surface area contributed by atoms with E-state index in [-0.39, 0.29) is 0 Å². The molecule has 2 N–H and O–H groups in total. The minimum atomic E-state index is 0.496. The van der Waals surface area contributed by atoms with E-state index in [0.29, 0.717) is 13.3 Å². The van der Waals surface area contributed by atoms with Gasteiger partial charge in [0.2, 0.25) is 0 Å². The molecule has 0 aliphatic heterocycles. The molecule has 4 nitrogen and oxygen atoms in total. The molecule has 1 heterocycles. The van der Waals surface area contributed by atoms with Crippen molar-refractivity contribution in [3.8, 4) is 0 Å². The summed E-state index contributed by atoms with van der Waals surface area (Å²) < 4.78 is 7.40. The van der Waals surface area contributed by atoms with Crippen LogP contribution in [0.1, 0.15) is 18.5 Å². The molecule has 0 bridgehead atoms. The van der Waals surface area contributed by atoms with E-state index >= 15 is 0 Å². The Balaban J connectivity index is 1.72. The molecule has 0 radical (unpaired) electrons. The van der Waals surface area contributed by atoms with Gasteiger partial charge in [-0.25, -0.2) is 4.98 Å². The summed E-state index contributed by atoms with van der Waals surface area (Å²) in [5.74, 6) is 0.817. The molecule has 72 valence electrons. The van der Waals surface area contributed by atoms with Crippen molar-refractivity contribution in [2.24, 2.45) is 11.7 Å². The SMILES string of the molecule is NCc1cn(COCC2CC2)cn1. The number of hydrogen-bond donors (Lipinski definition) is 1. The highest BCUT2D eigenvalue weighted by atomic mass is 16.5. The molecule has 1 aliphatic carbocycles. The minimum Gasteiger partial charge on any atom is -0.360 e. The first-order valence-electron chi connectivity index (χ1n) is 4.67. The fourth-order valence-electron chi connectivity index (χ4n) is 1.19. The molecule has 1 fully saturated rings. The highest BCUT2D eigenvalue weighted by Gasteiger charge is 2.20. The summed E-state index contributed by atoms with van der Waals surface area (Å²) in [6.07, 6.45) is 6.35. The molecule has 1 aromatic heterocycles. The van der Waals surface area contributed by atoms with E-state index in [2.05, 4.69) is 4.98 Å². The average molecular weight is 181 g/mol. The van der Waals surface area contributed by atoms with Crippen LogP contribution in [0.2, 0.25) is 0 Å². The van der Waals surface area contributed by atoms with Crippen LogP contribution in [0.5, 0.6) is 0 Å². The Bertz CT molecular complexity index is 268. The summed E-state index contributed by atoms with van der Waals surface area (Å²) in [6, 6.07) is 0. The van der Waals surface area contributed by atoms with Gasteiger partial charge in [-0.05, 0) is 18.8 Å². The highest BCUT2D eigenvalue weighted by Crippen LogP contribution is 2.28. The van der Waals surface area contributed by atoms with Crippen molar-refractivity contribution in [3.63, 3.8) is 0 Å². The molecule has 1 saturated carbocycles. The second-order valence-electron chi connectivity index (χ2n) is 3.53. The van der Waals surface area contributed by atoms with E-state index in [9.17, 15) is 0 Å². The summed E-state index contributed by atoms with van der Waals surface area (Å²) in [5, 5.41) is 0. The van der Waals surface area contributed by atoms with Crippen LogP contribution < -0.4 is 5.73 Å². The van der Waals surface area contributed by atoms with Gasteiger partial charge >= 0.3 is 0 Å². The van der Waals surface area contributed by atoms with Crippen molar-refractivity contribution >= 4 is 0 Å². The van der Waals surface area contributed by atoms with Crippen LogP contribution in [0.3, 0.4) is 0 Å². The Hall–Kier alpha value is -0.870. The van der Waals surface area contributed by atoms with Crippen molar-refractivity contribution in [2.45, 2.75) is 26.1 Å². The van der Waals surface area contributed by atoms with Gasteiger partial charge in [-0.2, -0.15) is 0 Å². The van der Waals surface area contributed by atoms with Crippen LogP contribution in [0.25, 0.3) is 0 Å². The third-order valence-electron chi connectivity index (χ3n) is 2.19. The smallest absolute Gasteiger partial charge is 0.123 e.